The third-order valence-corrected chi connectivity index (χ3v) is 6.81. The fourth-order valence-electron chi connectivity index (χ4n) is 3.47. The van der Waals surface area contributed by atoms with Crippen molar-refractivity contribution in [1.82, 2.24) is 10.2 Å². The van der Waals surface area contributed by atoms with E-state index in [1.54, 1.807) is 0 Å². The maximum Gasteiger partial charge on any atom is 0.244 e. The summed E-state index contributed by atoms with van der Waals surface area (Å²) in [7, 11) is -3.87. The lowest BCUT2D eigenvalue weighted by Crippen LogP contribution is -2.53. The number of carbonyl (C=O) groups excluding carboxylic acids is 2. The molecule has 0 fully saturated rings. The molecule has 0 bridgehead atoms. The van der Waals surface area contributed by atoms with Gasteiger partial charge in [0, 0.05) is 17.6 Å². The zero-order valence-corrected chi connectivity index (χ0v) is 22.3. The highest BCUT2D eigenvalue weighted by atomic mass is 35.5. The molecule has 186 valence electrons. The Labute approximate surface area is 212 Å². The number of hydrogen-bond donors (Lipinski definition) is 1. The van der Waals surface area contributed by atoms with E-state index >= 15 is 0 Å². The van der Waals surface area contributed by atoms with Crippen LogP contribution < -0.4 is 9.62 Å². The maximum absolute atomic E-state index is 13.6. The molecule has 10 heteroatoms. The number of benzene rings is 2. The fraction of sp³-hybridized carbons (Fsp3) is 0.417. The second kappa shape index (κ2) is 11.9. The van der Waals surface area contributed by atoms with E-state index in [0.717, 1.165) is 21.7 Å². The van der Waals surface area contributed by atoms with Gasteiger partial charge < -0.3 is 10.2 Å². The van der Waals surface area contributed by atoms with Crippen LogP contribution in [0, 0.1) is 6.92 Å². The number of sulfonamides is 1. The first-order valence-electron chi connectivity index (χ1n) is 10.9. The van der Waals surface area contributed by atoms with Crippen LogP contribution in [0.15, 0.2) is 42.5 Å². The molecule has 7 nitrogen and oxygen atoms in total. The largest absolute Gasteiger partial charge is 0.352 e. The Morgan fingerprint density at radius 1 is 1.06 bits per heavy atom. The van der Waals surface area contributed by atoms with Crippen molar-refractivity contribution < 1.29 is 18.0 Å². The Balaban J connectivity index is 2.46. The molecule has 0 saturated carbocycles. The van der Waals surface area contributed by atoms with Gasteiger partial charge in [-0.15, -0.1) is 0 Å². The third-order valence-electron chi connectivity index (χ3n) is 5.15. The van der Waals surface area contributed by atoms with Gasteiger partial charge in [-0.3, -0.25) is 13.9 Å². The lowest BCUT2D eigenvalue weighted by molar-refractivity contribution is -0.140. The Bertz CT molecular complexity index is 1120. The SMILES string of the molecule is CC[C@@H](C(=O)NC(C)C)N(Cc1ccc(C)cc1)C(=O)CN(c1ccc(Cl)cc1Cl)S(C)(=O)=O. The standard InChI is InChI=1S/C24H31Cl2N3O4S/c1-6-21(24(31)27-16(2)3)28(14-18-9-7-17(4)8-10-18)23(30)15-29(34(5,32)33)22-12-11-19(25)13-20(22)26/h7-13,16,21H,6,14-15H2,1-5H3,(H,27,31)/t21-/m0/s1. The van der Waals surface area contributed by atoms with Crippen LogP contribution in [0.5, 0.6) is 0 Å². The van der Waals surface area contributed by atoms with Crippen molar-refractivity contribution in [3.05, 3.63) is 63.6 Å². The van der Waals surface area contributed by atoms with Crippen LogP contribution in [0.3, 0.4) is 0 Å². The molecule has 0 aliphatic carbocycles. The summed E-state index contributed by atoms with van der Waals surface area (Å²) in [4.78, 5) is 28.0. The molecule has 2 rings (SSSR count). The van der Waals surface area contributed by atoms with Gasteiger partial charge in [0.2, 0.25) is 21.8 Å². The van der Waals surface area contributed by atoms with Gasteiger partial charge in [-0.2, -0.15) is 0 Å². The van der Waals surface area contributed by atoms with Crippen LogP contribution in [0.4, 0.5) is 5.69 Å². The summed E-state index contributed by atoms with van der Waals surface area (Å²) in [6, 6.07) is 11.1. The van der Waals surface area contributed by atoms with E-state index in [1.165, 1.54) is 23.1 Å². The molecular weight excluding hydrogens is 497 g/mol. The van der Waals surface area contributed by atoms with Gasteiger partial charge in [0.15, 0.2) is 0 Å². The minimum Gasteiger partial charge on any atom is -0.352 e. The Morgan fingerprint density at radius 2 is 1.68 bits per heavy atom. The Kier molecular flexibility index (Phi) is 9.79. The second-order valence-corrected chi connectivity index (χ2v) is 11.2. The van der Waals surface area contributed by atoms with Crippen molar-refractivity contribution in [2.75, 3.05) is 17.1 Å². The van der Waals surface area contributed by atoms with Crippen molar-refractivity contribution >= 4 is 50.7 Å². The summed E-state index contributed by atoms with van der Waals surface area (Å²) in [5.41, 5.74) is 2.02. The predicted octanol–water partition coefficient (Wildman–Crippen LogP) is 4.40. The van der Waals surface area contributed by atoms with Crippen LogP contribution in [-0.2, 0) is 26.2 Å². The van der Waals surface area contributed by atoms with Crippen LogP contribution >= 0.6 is 23.2 Å². The lowest BCUT2D eigenvalue weighted by atomic mass is 10.1. The van der Waals surface area contributed by atoms with Gasteiger partial charge >= 0.3 is 0 Å². The molecule has 0 spiro atoms. The van der Waals surface area contributed by atoms with E-state index in [-0.39, 0.29) is 29.2 Å². The van der Waals surface area contributed by atoms with Gasteiger partial charge in [-0.1, -0.05) is 60.0 Å². The number of anilines is 1. The zero-order chi connectivity index (χ0) is 25.6. The fourth-order valence-corrected chi connectivity index (χ4v) is 4.89. The zero-order valence-electron chi connectivity index (χ0n) is 20.0. The monoisotopic (exact) mass is 527 g/mol. The molecule has 1 atom stereocenters. The van der Waals surface area contributed by atoms with Crippen molar-refractivity contribution in [3.8, 4) is 0 Å². The summed E-state index contributed by atoms with van der Waals surface area (Å²) in [6.07, 6.45) is 1.36. The average Bonchev–Trinajstić information content (AvgIpc) is 2.72. The van der Waals surface area contributed by atoms with Crippen LogP contribution in [0.1, 0.15) is 38.3 Å². The smallest absolute Gasteiger partial charge is 0.244 e. The average molecular weight is 529 g/mol. The number of nitrogens with zero attached hydrogens (tertiary/aromatic N) is 2. The highest BCUT2D eigenvalue weighted by molar-refractivity contribution is 7.92. The molecule has 0 aromatic heterocycles. The van der Waals surface area contributed by atoms with Crippen molar-refractivity contribution in [2.45, 2.75) is 52.7 Å². The molecule has 2 amide bonds. The normalized spacial score (nSPS) is 12.4. The summed E-state index contributed by atoms with van der Waals surface area (Å²) in [6.45, 7) is 7.07. The number of carbonyl (C=O) groups is 2. The van der Waals surface area contributed by atoms with E-state index in [2.05, 4.69) is 5.32 Å². The van der Waals surface area contributed by atoms with Gasteiger partial charge in [0.05, 0.1) is 17.0 Å². The number of amides is 2. The molecule has 1 N–H and O–H groups in total. The second-order valence-electron chi connectivity index (χ2n) is 8.46. The molecule has 0 unspecified atom stereocenters. The number of hydrogen-bond acceptors (Lipinski definition) is 4. The molecule has 0 heterocycles. The Hall–Kier alpha value is -2.29. The number of rotatable bonds is 10. The number of nitrogens with one attached hydrogen (secondary N) is 1. The van der Waals surface area contributed by atoms with E-state index in [1.807, 2.05) is 52.0 Å². The van der Waals surface area contributed by atoms with Crippen LogP contribution in [-0.4, -0.2) is 50.0 Å². The van der Waals surface area contributed by atoms with E-state index in [9.17, 15) is 18.0 Å². The third kappa shape index (κ3) is 7.61. The summed E-state index contributed by atoms with van der Waals surface area (Å²) >= 11 is 12.2. The predicted molar refractivity (Wildman–Crippen MR) is 138 cm³/mol. The first-order valence-corrected chi connectivity index (χ1v) is 13.5. The Morgan fingerprint density at radius 3 is 2.18 bits per heavy atom. The minimum absolute atomic E-state index is 0.0976. The van der Waals surface area contributed by atoms with Crippen molar-refractivity contribution in [3.63, 3.8) is 0 Å². The maximum atomic E-state index is 13.6. The number of aryl methyl sites for hydroxylation is 1. The summed E-state index contributed by atoms with van der Waals surface area (Å²) < 4.78 is 26.2. The van der Waals surface area contributed by atoms with Gasteiger partial charge in [0.25, 0.3) is 0 Å². The molecule has 0 radical (unpaired) electrons. The van der Waals surface area contributed by atoms with E-state index < -0.39 is 28.5 Å². The number of halogens is 2. The first kappa shape index (κ1) is 28.0. The van der Waals surface area contributed by atoms with Gasteiger partial charge in [-0.05, 0) is 51.0 Å². The molecule has 0 aliphatic heterocycles. The van der Waals surface area contributed by atoms with Gasteiger partial charge in [0.1, 0.15) is 12.6 Å². The first-order chi connectivity index (χ1) is 15.8. The van der Waals surface area contributed by atoms with E-state index in [4.69, 9.17) is 23.2 Å². The molecule has 0 aliphatic rings. The lowest BCUT2D eigenvalue weighted by Gasteiger charge is -2.33. The summed E-state index contributed by atoms with van der Waals surface area (Å²) in [5, 5.41) is 3.29. The quantitative estimate of drug-likeness (QED) is 0.495. The minimum atomic E-state index is -3.87. The van der Waals surface area contributed by atoms with Crippen molar-refractivity contribution in [1.29, 1.82) is 0 Å². The molecule has 34 heavy (non-hydrogen) atoms. The van der Waals surface area contributed by atoms with Crippen LogP contribution in [0.2, 0.25) is 10.0 Å². The van der Waals surface area contributed by atoms with Crippen LogP contribution in [0.25, 0.3) is 0 Å². The molecule has 0 saturated heterocycles. The van der Waals surface area contributed by atoms with Gasteiger partial charge in [-0.25, -0.2) is 8.42 Å². The highest BCUT2D eigenvalue weighted by Crippen LogP contribution is 2.30. The molecule has 2 aromatic carbocycles. The molecular formula is C24H31Cl2N3O4S. The van der Waals surface area contributed by atoms with Crippen molar-refractivity contribution in [2.24, 2.45) is 0 Å². The highest BCUT2D eigenvalue weighted by Gasteiger charge is 2.32. The topological polar surface area (TPSA) is 86.8 Å². The molecule has 2 aromatic rings. The van der Waals surface area contributed by atoms with E-state index in [0.29, 0.717) is 11.4 Å². The summed E-state index contributed by atoms with van der Waals surface area (Å²) in [5.74, 6) is -0.823.